The Labute approximate surface area is 159 Å². The van der Waals surface area contributed by atoms with Crippen molar-refractivity contribution < 1.29 is 17.6 Å². The van der Waals surface area contributed by atoms with Gasteiger partial charge in [-0.2, -0.15) is 9.78 Å². The van der Waals surface area contributed by atoms with E-state index in [0.717, 1.165) is 18.4 Å². The number of nitrogens with one attached hydrogen (secondary N) is 2. The molecule has 1 atom stereocenters. The number of urea groups is 1. The van der Waals surface area contributed by atoms with Crippen LogP contribution in [0.1, 0.15) is 18.8 Å². The summed E-state index contributed by atoms with van der Waals surface area (Å²) in [6.07, 6.45) is 5.30. The van der Waals surface area contributed by atoms with Gasteiger partial charge in [-0.1, -0.05) is 0 Å². The molecule has 146 valence electrons. The van der Waals surface area contributed by atoms with Crippen molar-refractivity contribution in [1.29, 1.82) is 0 Å². The molecule has 2 amide bonds. The normalized spacial score (nSPS) is 12.4. The summed E-state index contributed by atoms with van der Waals surface area (Å²) in [5.74, 6) is -0.0820. The number of halogens is 1. The molecule has 0 aliphatic heterocycles. The molecule has 1 unspecified atom stereocenters. The van der Waals surface area contributed by atoms with Crippen molar-refractivity contribution in [1.82, 2.24) is 30.0 Å². The number of aromatic nitrogens is 5. The van der Waals surface area contributed by atoms with Gasteiger partial charge >= 0.3 is 6.03 Å². The van der Waals surface area contributed by atoms with Crippen LogP contribution < -0.4 is 10.6 Å². The van der Waals surface area contributed by atoms with Crippen LogP contribution in [0.25, 0.3) is 5.95 Å². The molecule has 0 fully saturated rings. The standard InChI is InChI=1S/C16H16FN7O3S/c1-10(14-20-9-21-24(14)15-18-6-3-7-19-15)22-16(25)23-12-5-4-11(17)8-13(12)28(2,26)27/h3-10H,1-2H3,(H2,22,23,25). The predicted molar refractivity (Wildman–Crippen MR) is 97.0 cm³/mol. The lowest BCUT2D eigenvalue weighted by atomic mass is 10.3. The molecule has 1 aromatic carbocycles. The Morgan fingerprint density at radius 2 is 1.93 bits per heavy atom. The van der Waals surface area contributed by atoms with E-state index in [1.54, 1.807) is 25.4 Å². The van der Waals surface area contributed by atoms with E-state index in [0.29, 0.717) is 5.82 Å². The maximum Gasteiger partial charge on any atom is 0.319 e. The third-order valence-electron chi connectivity index (χ3n) is 3.64. The molecule has 0 radical (unpaired) electrons. The van der Waals surface area contributed by atoms with Gasteiger partial charge in [-0.15, -0.1) is 0 Å². The van der Waals surface area contributed by atoms with Gasteiger partial charge < -0.3 is 10.6 Å². The minimum absolute atomic E-state index is 0.0403. The fourth-order valence-corrected chi connectivity index (χ4v) is 3.27. The molecule has 0 saturated carbocycles. The van der Waals surface area contributed by atoms with Crippen LogP contribution in [-0.4, -0.2) is 45.4 Å². The second-order valence-corrected chi connectivity index (χ2v) is 7.80. The van der Waals surface area contributed by atoms with Crippen LogP contribution in [0, 0.1) is 5.82 Å². The van der Waals surface area contributed by atoms with E-state index >= 15 is 0 Å². The van der Waals surface area contributed by atoms with Gasteiger partial charge in [-0.05, 0) is 31.2 Å². The number of amides is 2. The SMILES string of the molecule is CC(NC(=O)Nc1ccc(F)cc1S(C)(=O)=O)c1ncnn1-c1ncccn1. The van der Waals surface area contributed by atoms with Crippen molar-refractivity contribution >= 4 is 21.6 Å². The third kappa shape index (κ3) is 4.28. The van der Waals surface area contributed by atoms with Crippen LogP contribution in [0.15, 0.2) is 47.9 Å². The summed E-state index contributed by atoms with van der Waals surface area (Å²) in [7, 11) is -3.74. The van der Waals surface area contributed by atoms with Gasteiger partial charge in [0.1, 0.15) is 12.1 Å². The first-order valence-electron chi connectivity index (χ1n) is 8.00. The molecule has 2 N–H and O–H groups in total. The number of carbonyl (C=O) groups excluding carboxylic acids is 1. The first-order chi connectivity index (χ1) is 13.3. The molecule has 10 nitrogen and oxygen atoms in total. The highest BCUT2D eigenvalue weighted by Crippen LogP contribution is 2.22. The maximum atomic E-state index is 13.4. The minimum Gasteiger partial charge on any atom is -0.328 e. The van der Waals surface area contributed by atoms with E-state index < -0.39 is 27.7 Å². The third-order valence-corrected chi connectivity index (χ3v) is 4.78. The lowest BCUT2D eigenvalue weighted by Crippen LogP contribution is -2.33. The molecular formula is C16H16FN7O3S. The summed E-state index contributed by atoms with van der Waals surface area (Å²) < 4.78 is 38.4. The smallest absolute Gasteiger partial charge is 0.319 e. The van der Waals surface area contributed by atoms with Crippen LogP contribution in [0.5, 0.6) is 0 Å². The fraction of sp³-hybridized carbons (Fsp3) is 0.188. The lowest BCUT2D eigenvalue weighted by Gasteiger charge is -2.15. The van der Waals surface area contributed by atoms with Crippen molar-refractivity contribution in [3.05, 3.63) is 54.6 Å². The number of nitrogens with zero attached hydrogens (tertiary/aromatic N) is 5. The largest absolute Gasteiger partial charge is 0.328 e. The van der Waals surface area contributed by atoms with Crippen LogP contribution >= 0.6 is 0 Å². The Hall–Kier alpha value is -3.41. The molecule has 2 aromatic heterocycles. The van der Waals surface area contributed by atoms with Gasteiger partial charge in [0.25, 0.3) is 5.95 Å². The Kier molecular flexibility index (Phi) is 5.31. The van der Waals surface area contributed by atoms with Gasteiger partial charge in [0.15, 0.2) is 15.7 Å². The van der Waals surface area contributed by atoms with Crippen molar-refractivity contribution in [2.75, 3.05) is 11.6 Å². The summed E-state index contributed by atoms with van der Waals surface area (Å²) in [5.41, 5.74) is -0.0403. The zero-order valence-corrected chi connectivity index (χ0v) is 15.7. The van der Waals surface area contributed by atoms with E-state index in [1.807, 2.05) is 0 Å². The summed E-state index contributed by atoms with van der Waals surface area (Å²) in [4.78, 5) is 24.3. The Morgan fingerprint density at radius 3 is 2.61 bits per heavy atom. The summed E-state index contributed by atoms with van der Waals surface area (Å²) >= 11 is 0. The average Bonchev–Trinajstić information content (AvgIpc) is 3.13. The molecule has 2 heterocycles. The van der Waals surface area contributed by atoms with Gasteiger partial charge in [-0.25, -0.2) is 32.6 Å². The minimum atomic E-state index is -3.74. The van der Waals surface area contributed by atoms with Gasteiger partial charge in [-0.3, -0.25) is 0 Å². The Balaban J connectivity index is 1.78. The summed E-state index contributed by atoms with van der Waals surface area (Å²) in [6.45, 7) is 1.66. The van der Waals surface area contributed by atoms with Gasteiger partial charge in [0.2, 0.25) is 0 Å². The Morgan fingerprint density at radius 1 is 1.21 bits per heavy atom. The maximum absolute atomic E-state index is 13.4. The molecule has 0 spiro atoms. The van der Waals surface area contributed by atoms with Crippen molar-refractivity contribution in [3.63, 3.8) is 0 Å². The highest BCUT2D eigenvalue weighted by atomic mass is 32.2. The van der Waals surface area contributed by atoms with Crippen LogP contribution in [0.4, 0.5) is 14.9 Å². The van der Waals surface area contributed by atoms with E-state index in [2.05, 4.69) is 30.7 Å². The molecular weight excluding hydrogens is 389 g/mol. The number of hydrogen-bond donors (Lipinski definition) is 2. The molecule has 0 saturated heterocycles. The average molecular weight is 405 g/mol. The monoisotopic (exact) mass is 405 g/mol. The number of benzene rings is 1. The quantitative estimate of drug-likeness (QED) is 0.657. The van der Waals surface area contributed by atoms with Crippen LogP contribution in [0.2, 0.25) is 0 Å². The molecule has 28 heavy (non-hydrogen) atoms. The first-order valence-corrected chi connectivity index (χ1v) is 9.89. The highest BCUT2D eigenvalue weighted by molar-refractivity contribution is 7.90. The zero-order valence-electron chi connectivity index (χ0n) is 14.9. The van der Waals surface area contributed by atoms with E-state index in [4.69, 9.17) is 0 Å². The molecule has 0 aliphatic rings. The summed E-state index contributed by atoms with van der Waals surface area (Å²) in [6, 6.07) is 3.41. The van der Waals surface area contributed by atoms with Crippen molar-refractivity contribution in [2.45, 2.75) is 17.9 Å². The highest BCUT2D eigenvalue weighted by Gasteiger charge is 2.20. The lowest BCUT2D eigenvalue weighted by molar-refractivity contribution is 0.248. The second-order valence-electron chi connectivity index (χ2n) is 5.81. The number of rotatable bonds is 5. The summed E-state index contributed by atoms with van der Waals surface area (Å²) in [5, 5.41) is 9.07. The zero-order chi connectivity index (χ0) is 20.3. The predicted octanol–water partition coefficient (Wildman–Crippen LogP) is 1.48. The van der Waals surface area contributed by atoms with Gasteiger partial charge in [0.05, 0.1) is 16.6 Å². The number of anilines is 1. The van der Waals surface area contributed by atoms with Crippen LogP contribution in [0.3, 0.4) is 0 Å². The van der Waals surface area contributed by atoms with E-state index in [9.17, 15) is 17.6 Å². The molecule has 0 bridgehead atoms. The Bertz CT molecular complexity index is 1100. The number of sulfone groups is 1. The second kappa shape index (κ2) is 7.68. The van der Waals surface area contributed by atoms with E-state index in [-0.39, 0.29) is 16.5 Å². The molecule has 0 aliphatic carbocycles. The van der Waals surface area contributed by atoms with Gasteiger partial charge in [0, 0.05) is 18.6 Å². The topological polar surface area (TPSA) is 132 Å². The fourth-order valence-electron chi connectivity index (χ4n) is 2.43. The van der Waals surface area contributed by atoms with Crippen molar-refractivity contribution in [3.8, 4) is 5.95 Å². The molecule has 3 rings (SSSR count). The molecule has 12 heteroatoms. The number of hydrogen-bond acceptors (Lipinski definition) is 7. The number of carbonyl (C=O) groups is 1. The van der Waals surface area contributed by atoms with Crippen molar-refractivity contribution in [2.24, 2.45) is 0 Å². The van der Waals surface area contributed by atoms with E-state index in [1.165, 1.54) is 17.1 Å². The van der Waals surface area contributed by atoms with Crippen LogP contribution in [-0.2, 0) is 9.84 Å². The first kappa shape index (κ1) is 19.4. The molecule has 3 aromatic rings.